The van der Waals surface area contributed by atoms with Crippen LogP contribution < -0.4 is 4.74 Å². The summed E-state index contributed by atoms with van der Waals surface area (Å²) in [6.45, 7) is 2.07. The first-order valence-corrected chi connectivity index (χ1v) is 6.25. The number of benzene rings is 2. The van der Waals surface area contributed by atoms with Crippen LogP contribution in [-0.4, -0.2) is 18.8 Å². The molecule has 2 heteroatoms. The molecule has 0 unspecified atom stereocenters. The Morgan fingerprint density at radius 1 is 1.16 bits per heavy atom. The van der Waals surface area contributed by atoms with Crippen molar-refractivity contribution in [2.75, 3.05) is 13.7 Å². The second-order valence-electron chi connectivity index (χ2n) is 4.47. The van der Waals surface area contributed by atoms with E-state index in [0.29, 0.717) is 0 Å². The monoisotopic (exact) mass is 254 g/mol. The Bertz CT molecular complexity index is 568. The van der Waals surface area contributed by atoms with Gasteiger partial charge in [0.2, 0.25) is 0 Å². The Labute approximate surface area is 114 Å². The Morgan fingerprint density at radius 2 is 1.89 bits per heavy atom. The lowest BCUT2D eigenvalue weighted by atomic mass is 10.0. The molecule has 0 heterocycles. The summed E-state index contributed by atoms with van der Waals surface area (Å²) in [6.07, 6.45) is 2.01. The van der Waals surface area contributed by atoms with E-state index >= 15 is 0 Å². The Hall–Kier alpha value is -2.06. The van der Waals surface area contributed by atoms with E-state index in [2.05, 4.69) is 19.1 Å². The van der Waals surface area contributed by atoms with Gasteiger partial charge < -0.3 is 9.84 Å². The molecule has 0 aliphatic carbocycles. The highest BCUT2D eigenvalue weighted by molar-refractivity contribution is 5.82. The van der Waals surface area contributed by atoms with Crippen molar-refractivity contribution in [1.29, 1.82) is 0 Å². The number of aliphatic hydroxyl groups excluding tert-OH is 1. The van der Waals surface area contributed by atoms with Gasteiger partial charge in [-0.3, -0.25) is 0 Å². The molecule has 2 nitrogen and oxygen atoms in total. The molecule has 2 rings (SSSR count). The van der Waals surface area contributed by atoms with Crippen molar-refractivity contribution in [3.63, 3.8) is 0 Å². The summed E-state index contributed by atoms with van der Waals surface area (Å²) in [5.41, 5.74) is 4.21. The van der Waals surface area contributed by atoms with Gasteiger partial charge in [0.15, 0.2) is 0 Å². The summed E-state index contributed by atoms with van der Waals surface area (Å²) < 4.78 is 5.13. The third kappa shape index (κ3) is 3.46. The summed E-state index contributed by atoms with van der Waals surface area (Å²) >= 11 is 0. The van der Waals surface area contributed by atoms with Gasteiger partial charge in [-0.1, -0.05) is 42.0 Å². The molecule has 0 aliphatic rings. The van der Waals surface area contributed by atoms with E-state index in [1.807, 2.05) is 42.5 Å². The Morgan fingerprint density at radius 3 is 2.47 bits per heavy atom. The highest BCUT2D eigenvalue weighted by Crippen LogP contribution is 2.21. The summed E-state index contributed by atoms with van der Waals surface area (Å²) in [6, 6.07) is 15.9. The first-order chi connectivity index (χ1) is 9.22. The van der Waals surface area contributed by atoms with Gasteiger partial charge in [-0.05, 0) is 41.8 Å². The average molecular weight is 254 g/mol. The van der Waals surface area contributed by atoms with Crippen molar-refractivity contribution in [3.8, 4) is 5.75 Å². The molecule has 19 heavy (non-hydrogen) atoms. The fraction of sp³-hybridized carbons (Fsp3) is 0.176. The topological polar surface area (TPSA) is 29.5 Å². The minimum absolute atomic E-state index is 0.0142. The van der Waals surface area contributed by atoms with E-state index in [9.17, 15) is 5.11 Å². The normalized spacial score (nSPS) is 11.4. The largest absolute Gasteiger partial charge is 0.497 e. The maximum atomic E-state index is 9.54. The van der Waals surface area contributed by atoms with E-state index < -0.39 is 0 Å². The molecular formula is C17H18O2. The lowest BCUT2D eigenvalue weighted by Gasteiger charge is -2.07. The van der Waals surface area contributed by atoms with Crippen molar-refractivity contribution >= 4 is 11.6 Å². The minimum Gasteiger partial charge on any atom is -0.497 e. The van der Waals surface area contributed by atoms with Gasteiger partial charge in [-0.25, -0.2) is 0 Å². The minimum atomic E-state index is 0.0142. The summed E-state index contributed by atoms with van der Waals surface area (Å²) in [5, 5.41) is 9.54. The van der Waals surface area contributed by atoms with Crippen molar-refractivity contribution < 1.29 is 9.84 Å². The lowest BCUT2D eigenvalue weighted by molar-refractivity contribution is 0.350. The van der Waals surface area contributed by atoms with Crippen LogP contribution in [0.4, 0.5) is 0 Å². The van der Waals surface area contributed by atoms with Crippen LogP contribution in [0.25, 0.3) is 11.6 Å². The molecule has 0 amide bonds. The third-order valence-electron chi connectivity index (χ3n) is 3.01. The van der Waals surface area contributed by atoms with E-state index in [4.69, 9.17) is 4.74 Å². The number of hydrogen-bond acceptors (Lipinski definition) is 2. The van der Waals surface area contributed by atoms with Crippen LogP contribution in [-0.2, 0) is 0 Å². The van der Waals surface area contributed by atoms with E-state index in [0.717, 1.165) is 22.4 Å². The van der Waals surface area contributed by atoms with Gasteiger partial charge in [0, 0.05) is 0 Å². The Balaban J connectivity index is 2.32. The summed E-state index contributed by atoms with van der Waals surface area (Å²) in [4.78, 5) is 0. The molecule has 1 N–H and O–H groups in total. The molecule has 0 fully saturated rings. The number of aryl methyl sites for hydroxylation is 1. The van der Waals surface area contributed by atoms with Crippen molar-refractivity contribution in [2.24, 2.45) is 0 Å². The first kappa shape index (κ1) is 13.4. The van der Waals surface area contributed by atoms with E-state index in [1.54, 1.807) is 7.11 Å². The summed E-state index contributed by atoms with van der Waals surface area (Å²) in [7, 11) is 1.64. The van der Waals surface area contributed by atoms with Crippen molar-refractivity contribution in [2.45, 2.75) is 6.92 Å². The molecule has 0 spiro atoms. The third-order valence-corrected chi connectivity index (χ3v) is 3.01. The van der Waals surface area contributed by atoms with Gasteiger partial charge in [-0.15, -0.1) is 0 Å². The second kappa shape index (κ2) is 6.21. The molecule has 0 bridgehead atoms. The summed E-state index contributed by atoms with van der Waals surface area (Å²) in [5.74, 6) is 0.816. The highest BCUT2D eigenvalue weighted by Gasteiger charge is 2.01. The number of methoxy groups -OCH3 is 1. The van der Waals surface area contributed by atoms with Gasteiger partial charge >= 0.3 is 0 Å². The van der Waals surface area contributed by atoms with E-state index in [1.165, 1.54) is 5.56 Å². The molecule has 0 atom stereocenters. The van der Waals surface area contributed by atoms with Gasteiger partial charge in [0.1, 0.15) is 5.75 Å². The van der Waals surface area contributed by atoms with Crippen LogP contribution >= 0.6 is 0 Å². The molecule has 2 aromatic rings. The maximum Gasteiger partial charge on any atom is 0.118 e. The number of hydrogen-bond donors (Lipinski definition) is 1. The molecule has 0 aliphatic heterocycles. The van der Waals surface area contributed by atoms with Gasteiger partial charge in [-0.2, -0.15) is 0 Å². The molecule has 2 aromatic carbocycles. The molecule has 0 saturated heterocycles. The highest BCUT2D eigenvalue weighted by atomic mass is 16.5. The SMILES string of the molecule is COc1ccc(/C(=C/c2cccc(C)c2)CO)cc1. The molecule has 0 saturated carbocycles. The van der Waals surface area contributed by atoms with Crippen molar-refractivity contribution in [1.82, 2.24) is 0 Å². The van der Waals surface area contributed by atoms with Crippen LogP contribution in [0.2, 0.25) is 0 Å². The fourth-order valence-corrected chi connectivity index (χ4v) is 1.99. The van der Waals surface area contributed by atoms with Crippen LogP contribution in [0.1, 0.15) is 16.7 Å². The zero-order chi connectivity index (χ0) is 13.7. The van der Waals surface area contributed by atoms with Crippen LogP contribution in [0.5, 0.6) is 5.75 Å². The average Bonchev–Trinajstić information content (AvgIpc) is 2.45. The fourth-order valence-electron chi connectivity index (χ4n) is 1.99. The zero-order valence-electron chi connectivity index (χ0n) is 11.3. The van der Waals surface area contributed by atoms with Crippen LogP contribution in [0, 0.1) is 6.92 Å². The van der Waals surface area contributed by atoms with Crippen LogP contribution in [0.15, 0.2) is 48.5 Å². The predicted octanol–water partition coefficient (Wildman–Crippen LogP) is 3.54. The Kier molecular flexibility index (Phi) is 4.37. The van der Waals surface area contributed by atoms with Gasteiger partial charge in [0.25, 0.3) is 0 Å². The molecular weight excluding hydrogens is 236 g/mol. The zero-order valence-corrected chi connectivity index (χ0v) is 11.3. The number of aliphatic hydroxyl groups is 1. The molecule has 98 valence electrons. The lowest BCUT2D eigenvalue weighted by Crippen LogP contribution is -1.91. The number of ether oxygens (including phenoxy) is 1. The number of rotatable bonds is 4. The molecule has 0 aromatic heterocycles. The quantitative estimate of drug-likeness (QED) is 0.846. The standard InChI is InChI=1S/C17H18O2/c1-13-4-3-5-14(10-13)11-16(12-18)15-6-8-17(19-2)9-7-15/h3-11,18H,12H2,1-2H3/b16-11+. The van der Waals surface area contributed by atoms with E-state index in [-0.39, 0.29) is 6.61 Å². The second-order valence-corrected chi connectivity index (χ2v) is 4.47. The van der Waals surface area contributed by atoms with Gasteiger partial charge in [0.05, 0.1) is 13.7 Å². The first-order valence-electron chi connectivity index (χ1n) is 6.25. The van der Waals surface area contributed by atoms with Crippen molar-refractivity contribution in [3.05, 3.63) is 65.2 Å². The maximum absolute atomic E-state index is 9.54. The van der Waals surface area contributed by atoms with Crippen LogP contribution in [0.3, 0.4) is 0 Å². The molecule has 0 radical (unpaired) electrons. The predicted molar refractivity (Wildman–Crippen MR) is 79.1 cm³/mol. The smallest absolute Gasteiger partial charge is 0.118 e.